The standard InChI is InChI=1S/C17H26FN3O.HI/c1-4-7-13-10-15(13)21-17(19-3)20-11-12(2)22-16-9-6-5-8-14(16)18;/h5-6,8-9,12-13,15H,4,7,10-11H2,1-3H3,(H2,19,20,21);1H. The van der Waals surface area contributed by atoms with E-state index in [9.17, 15) is 4.39 Å². The Labute approximate surface area is 155 Å². The highest BCUT2D eigenvalue weighted by molar-refractivity contribution is 14.0. The van der Waals surface area contributed by atoms with E-state index in [1.165, 1.54) is 25.3 Å². The number of halogens is 2. The third-order valence-corrected chi connectivity index (χ3v) is 3.85. The topological polar surface area (TPSA) is 45.7 Å². The number of rotatable bonds is 7. The minimum atomic E-state index is -0.336. The first kappa shape index (κ1) is 20.0. The zero-order chi connectivity index (χ0) is 15.9. The van der Waals surface area contributed by atoms with Gasteiger partial charge < -0.3 is 15.4 Å². The Morgan fingerprint density at radius 2 is 2.17 bits per heavy atom. The van der Waals surface area contributed by atoms with Gasteiger partial charge in [0.05, 0.1) is 6.54 Å². The highest BCUT2D eigenvalue weighted by Crippen LogP contribution is 2.34. The van der Waals surface area contributed by atoms with Gasteiger partial charge in [-0.05, 0) is 37.8 Å². The number of para-hydroxylation sites is 1. The van der Waals surface area contributed by atoms with Crippen LogP contribution in [0.4, 0.5) is 4.39 Å². The molecule has 0 radical (unpaired) electrons. The Hall–Kier alpha value is -1.05. The average molecular weight is 435 g/mol. The van der Waals surface area contributed by atoms with E-state index in [4.69, 9.17) is 4.74 Å². The fraction of sp³-hybridized carbons (Fsp3) is 0.588. The second-order valence-corrected chi connectivity index (χ2v) is 5.85. The van der Waals surface area contributed by atoms with Crippen molar-refractivity contribution in [2.45, 2.75) is 45.3 Å². The lowest BCUT2D eigenvalue weighted by atomic mass is 10.2. The van der Waals surface area contributed by atoms with Crippen LogP contribution in [-0.4, -0.2) is 31.7 Å². The lowest BCUT2D eigenvalue weighted by molar-refractivity contribution is 0.214. The van der Waals surface area contributed by atoms with Crippen LogP contribution in [0.15, 0.2) is 29.3 Å². The largest absolute Gasteiger partial charge is 0.486 e. The Morgan fingerprint density at radius 1 is 1.43 bits per heavy atom. The minimum absolute atomic E-state index is 0. The number of ether oxygens (including phenoxy) is 1. The highest BCUT2D eigenvalue weighted by Gasteiger charge is 2.36. The van der Waals surface area contributed by atoms with Gasteiger partial charge in [-0.2, -0.15) is 0 Å². The zero-order valence-electron chi connectivity index (χ0n) is 14.0. The molecule has 4 nitrogen and oxygen atoms in total. The van der Waals surface area contributed by atoms with Crippen molar-refractivity contribution in [2.24, 2.45) is 10.9 Å². The van der Waals surface area contributed by atoms with E-state index in [1.54, 1.807) is 25.2 Å². The van der Waals surface area contributed by atoms with E-state index >= 15 is 0 Å². The van der Waals surface area contributed by atoms with Crippen LogP contribution in [0.2, 0.25) is 0 Å². The van der Waals surface area contributed by atoms with E-state index in [0.717, 1.165) is 11.9 Å². The van der Waals surface area contributed by atoms with Gasteiger partial charge in [-0.1, -0.05) is 25.5 Å². The smallest absolute Gasteiger partial charge is 0.191 e. The predicted molar refractivity (Wildman–Crippen MR) is 103 cm³/mol. The molecule has 1 aliphatic carbocycles. The maximum Gasteiger partial charge on any atom is 0.191 e. The molecular formula is C17H27FIN3O. The van der Waals surface area contributed by atoms with E-state index in [0.29, 0.717) is 12.6 Å². The van der Waals surface area contributed by atoms with Crippen LogP contribution >= 0.6 is 24.0 Å². The molecule has 6 heteroatoms. The second-order valence-electron chi connectivity index (χ2n) is 5.85. The van der Waals surface area contributed by atoms with Gasteiger partial charge in [0, 0.05) is 13.1 Å². The number of hydrogen-bond acceptors (Lipinski definition) is 2. The maximum atomic E-state index is 13.5. The summed E-state index contributed by atoms with van der Waals surface area (Å²) in [5.74, 6) is 1.51. The molecule has 0 amide bonds. The van der Waals surface area contributed by atoms with E-state index < -0.39 is 0 Å². The summed E-state index contributed by atoms with van der Waals surface area (Å²) in [4.78, 5) is 4.22. The van der Waals surface area contributed by atoms with Crippen molar-refractivity contribution in [2.75, 3.05) is 13.6 Å². The number of hydrogen-bond donors (Lipinski definition) is 2. The van der Waals surface area contributed by atoms with Gasteiger partial charge in [0.25, 0.3) is 0 Å². The molecule has 0 aliphatic heterocycles. The third-order valence-electron chi connectivity index (χ3n) is 3.85. The van der Waals surface area contributed by atoms with Crippen molar-refractivity contribution >= 4 is 29.9 Å². The van der Waals surface area contributed by atoms with E-state index in [1.807, 2.05) is 6.92 Å². The monoisotopic (exact) mass is 435 g/mol. The molecule has 0 saturated heterocycles. The highest BCUT2D eigenvalue weighted by atomic mass is 127. The van der Waals surface area contributed by atoms with Gasteiger partial charge in [-0.25, -0.2) is 4.39 Å². The van der Waals surface area contributed by atoms with Crippen LogP contribution < -0.4 is 15.4 Å². The summed E-state index contributed by atoms with van der Waals surface area (Å²) in [5.41, 5.74) is 0. The van der Waals surface area contributed by atoms with Crippen LogP contribution in [0.5, 0.6) is 5.75 Å². The molecule has 3 atom stereocenters. The molecule has 2 rings (SSSR count). The van der Waals surface area contributed by atoms with E-state index in [-0.39, 0.29) is 41.6 Å². The van der Waals surface area contributed by atoms with Crippen molar-refractivity contribution in [1.82, 2.24) is 10.6 Å². The molecule has 1 aliphatic rings. The predicted octanol–water partition coefficient (Wildman–Crippen LogP) is 3.56. The lowest BCUT2D eigenvalue weighted by Crippen LogP contribution is -2.43. The Kier molecular flexibility index (Phi) is 8.65. The summed E-state index contributed by atoms with van der Waals surface area (Å²) in [6, 6.07) is 6.99. The number of guanidine groups is 1. The Balaban J connectivity index is 0.00000264. The quantitative estimate of drug-likeness (QED) is 0.391. The zero-order valence-corrected chi connectivity index (χ0v) is 16.3. The summed E-state index contributed by atoms with van der Waals surface area (Å²) in [7, 11) is 1.76. The van der Waals surface area contributed by atoms with Gasteiger partial charge in [0.15, 0.2) is 17.5 Å². The molecule has 23 heavy (non-hydrogen) atoms. The lowest BCUT2D eigenvalue weighted by Gasteiger charge is -2.18. The van der Waals surface area contributed by atoms with Crippen LogP contribution in [-0.2, 0) is 0 Å². The normalized spacial score (nSPS) is 21.1. The molecule has 130 valence electrons. The van der Waals surface area contributed by atoms with Gasteiger partial charge in [0.2, 0.25) is 0 Å². The maximum absolute atomic E-state index is 13.5. The minimum Gasteiger partial charge on any atom is -0.486 e. The van der Waals surface area contributed by atoms with Crippen LogP contribution in [0.25, 0.3) is 0 Å². The van der Waals surface area contributed by atoms with Crippen LogP contribution in [0.3, 0.4) is 0 Å². The fourth-order valence-corrected chi connectivity index (χ4v) is 2.52. The molecule has 0 spiro atoms. The van der Waals surface area contributed by atoms with Crippen molar-refractivity contribution in [3.63, 3.8) is 0 Å². The molecule has 0 aromatic heterocycles. The first-order chi connectivity index (χ1) is 10.6. The van der Waals surface area contributed by atoms with Gasteiger partial charge >= 0.3 is 0 Å². The molecule has 1 aromatic carbocycles. The summed E-state index contributed by atoms with van der Waals surface area (Å²) in [5, 5.41) is 6.65. The second kappa shape index (κ2) is 9.95. The first-order valence-electron chi connectivity index (χ1n) is 8.02. The number of nitrogens with one attached hydrogen (secondary N) is 2. The SMILES string of the molecule is CCCC1CC1NC(=NC)NCC(C)Oc1ccccc1F.I. The third kappa shape index (κ3) is 6.53. The molecule has 1 saturated carbocycles. The Bertz CT molecular complexity index is 512. The molecule has 0 heterocycles. The molecule has 1 fully saturated rings. The van der Waals surface area contributed by atoms with Crippen molar-refractivity contribution in [3.8, 4) is 5.75 Å². The number of nitrogens with zero attached hydrogens (tertiary/aromatic N) is 1. The Morgan fingerprint density at radius 3 is 2.83 bits per heavy atom. The summed E-state index contributed by atoms with van der Waals surface area (Å²) in [6.45, 7) is 4.69. The molecule has 3 unspecified atom stereocenters. The number of benzene rings is 1. The van der Waals surface area contributed by atoms with Gasteiger partial charge in [-0.3, -0.25) is 4.99 Å². The fourth-order valence-electron chi connectivity index (χ4n) is 2.52. The average Bonchev–Trinajstić information content (AvgIpc) is 3.24. The molecule has 0 bridgehead atoms. The van der Waals surface area contributed by atoms with Crippen molar-refractivity contribution in [1.29, 1.82) is 0 Å². The molecule has 2 N–H and O–H groups in total. The van der Waals surface area contributed by atoms with Gasteiger partial charge in [0.1, 0.15) is 6.10 Å². The van der Waals surface area contributed by atoms with Crippen LogP contribution in [0.1, 0.15) is 33.1 Å². The summed E-state index contributed by atoms with van der Waals surface area (Å²) >= 11 is 0. The number of aliphatic imine (C=N–C) groups is 1. The van der Waals surface area contributed by atoms with Crippen molar-refractivity contribution < 1.29 is 9.13 Å². The van der Waals surface area contributed by atoms with Gasteiger partial charge in [-0.15, -0.1) is 24.0 Å². The summed E-state index contributed by atoms with van der Waals surface area (Å²) in [6.07, 6.45) is 3.56. The van der Waals surface area contributed by atoms with E-state index in [2.05, 4.69) is 22.5 Å². The first-order valence-corrected chi connectivity index (χ1v) is 8.02. The molecular weight excluding hydrogens is 408 g/mol. The summed E-state index contributed by atoms with van der Waals surface area (Å²) < 4.78 is 19.1. The van der Waals surface area contributed by atoms with Crippen LogP contribution in [0, 0.1) is 11.7 Å². The van der Waals surface area contributed by atoms with Crippen molar-refractivity contribution in [3.05, 3.63) is 30.1 Å². The molecule has 1 aromatic rings.